The standard InChI is InChI=1S/C16H24N2O/c1-3-12(2)15(13-7-5-4-6-8-13)16(19)18-10-9-14(17)11-18/h4-8,12,14-15H,3,9-11,17H2,1-2H3/t12?,14-,15?/m1/s1. The Bertz CT molecular complexity index is 418. The van der Waals surface area contributed by atoms with Crippen LogP contribution in [0.25, 0.3) is 0 Å². The molecule has 1 aliphatic rings. The number of benzene rings is 1. The highest BCUT2D eigenvalue weighted by atomic mass is 16.2. The summed E-state index contributed by atoms with van der Waals surface area (Å²) in [7, 11) is 0. The van der Waals surface area contributed by atoms with Crippen LogP contribution in [0.3, 0.4) is 0 Å². The quantitative estimate of drug-likeness (QED) is 0.903. The minimum atomic E-state index is -0.0310. The Hall–Kier alpha value is -1.35. The van der Waals surface area contributed by atoms with Gasteiger partial charge in [0.2, 0.25) is 5.91 Å². The van der Waals surface area contributed by atoms with Crippen molar-refractivity contribution < 1.29 is 4.79 Å². The molecule has 2 N–H and O–H groups in total. The summed E-state index contributed by atoms with van der Waals surface area (Å²) in [6.07, 6.45) is 1.93. The lowest BCUT2D eigenvalue weighted by Gasteiger charge is -2.27. The highest BCUT2D eigenvalue weighted by Gasteiger charge is 2.32. The molecule has 1 aromatic carbocycles. The van der Waals surface area contributed by atoms with Crippen molar-refractivity contribution in [3.8, 4) is 0 Å². The normalized spacial score (nSPS) is 22.3. The lowest BCUT2D eigenvalue weighted by Crippen LogP contribution is -2.37. The number of nitrogens with two attached hydrogens (primary N) is 1. The number of hydrogen-bond acceptors (Lipinski definition) is 2. The van der Waals surface area contributed by atoms with E-state index in [4.69, 9.17) is 5.73 Å². The molecule has 0 bridgehead atoms. The largest absolute Gasteiger partial charge is 0.341 e. The second-order valence-corrected chi connectivity index (χ2v) is 5.61. The molecule has 0 aromatic heterocycles. The first kappa shape index (κ1) is 14.1. The van der Waals surface area contributed by atoms with Gasteiger partial charge in [-0.15, -0.1) is 0 Å². The van der Waals surface area contributed by atoms with Gasteiger partial charge in [0.1, 0.15) is 0 Å². The summed E-state index contributed by atoms with van der Waals surface area (Å²) in [5.74, 6) is 0.566. The Kier molecular flexibility index (Phi) is 4.59. The minimum absolute atomic E-state index is 0.0310. The number of amides is 1. The first-order valence-corrected chi connectivity index (χ1v) is 7.22. The minimum Gasteiger partial charge on any atom is -0.341 e. The van der Waals surface area contributed by atoms with Crippen LogP contribution in [0.1, 0.15) is 38.2 Å². The Labute approximate surface area is 115 Å². The molecule has 3 heteroatoms. The average molecular weight is 260 g/mol. The van der Waals surface area contributed by atoms with Crippen molar-refractivity contribution in [1.29, 1.82) is 0 Å². The van der Waals surface area contributed by atoms with Crippen LogP contribution in [0, 0.1) is 5.92 Å². The summed E-state index contributed by atoms with van der Waals surface area (Å²) in [5.41, 5.74) is 7.04. The number of carbonyl (C=O) groups excluding carboxylic acids is 1. The van der Waals surface area contributed by atoms with Gasteiger partial charge in [0.25, 0.3) is 0 Å². The summed E-state index contributed by atoms with van der Waals surface area (Å²) < 4.78 is 0. The van der Waals surface area contributed by atoms with Gasteiger partial charge in [0.15, 0.2) is 0 Å². The molecule has 1 heterocycles. The van der Waals surface area contributed by atoms with E-state index in [2.05, 4.69) is 26.0 Å². The zero-order valence-corrected chi connectivity index (χ0v) is 11.9. The predicted octanol–water partition coefficient (Wildman–Crippen LogP) is 2.38. The van der Waals surface area contributed by atoms with Crippen molar-refractivity contribution in [2.45, 2.75) is 38.6 Å². The fourth-order valence-corrected chi connectivity index (χ4v) is 2.79. The molecule has 1 amide bonds. The molecule has 1 fully saturated rings. The van der Waals surface area contributed by atoms with Gasteiger partial charge in [-0.25, -0.2) is 0 Å². The van der Waals surface area contributed by atoms with Crippen molar-refractivity contribution in [1.82, 2.24) is 4.90 Å². The Morgan fingerprint density at radius 1 is 1.42 bits per heavy atom. The third kappa shape index (κ3) is 3.16. The molecule has 0 saturated carbocycles. The fourth-order valence-electron chi connectivity index (χ4n) is 2.79. The first-order chi connectivity index (χ1) is 9.13. The number of carbonyl (C=O) groups is 1. The molecule has 3 atom stereocenters. The monoisotopic (exact) mass is 260 g/mol. The number of rotatable bonds is 4. The van der Waals surface area contributed by atoms with Crippen LogP contribution in [0.15, 0.2) is 30.3 Å². The van der Waals surface area contributed by atoms with Crippen molar-refractivity contribution in [2.75, 3.05) is 13.1 Å². The van der Waals surface area contributed by atoms with Gasteiger partial charge in [0.05, 0.1) is 5.92 Å². The third-order valence-electron chi connectivity index (χ3n) is 4.17. The maximum Gasteiger partial charge on any atom is 0.230 e. The molecule has 19 heavy (non-hydrogen) atoms. The molecule has 0 spiro atoms. The van der Waals surface area contributed by atoms with Gasteiger partial charge < -0.3 is 10.6 Å². The van der Waals surface area contributed by atoms with Crippen molar-refractivity contribution in [2.24, 2.45) is 11.7 Å². The van der Waals surface area contributed by atoms with Crippen LogP contribution in [-0.2, 0) is 4.79 Å². The van der Waals surface area contributed by atoms with Gasteiger partial charge in [-0.05, 0) is 17.9 Å². The summed E-state index contributed by atoms with van der Waals surface area (Å²) in [6.45, 7) is 5.81. The lowest BCUT2D eigenvalue weighted by molar-refractivity contribution is -0.133. The van der Waals surface area contributed by atoms with Crippen LogP contribution in [0.4, 0.5) is 0 Å². The number of likely N-dealkylation sites (tertiary alicyclic amines) is 1. The van der Waals surface area contributed by atoms with Gasteiger partial charge in [-0.3, -0.25) is 4.79 Å². The van der Waals surface area contributed by atoms with Crippen molar-refractivity contribution in [3.05, 3.63) is 35.9 Å². The van der Waals surface area contributed by atoms with E-state index >= 15 is 0 Å². The molecule has 1 aromatic rings. The Morgan fingerprint density at radius 2 is 2.11 bits per heavy atom. The molecular formula is C16H24N2O. The van der Waals surface area contributed by atoms with E-state index in [9.17, 15) is 4.79 Å². The second kappa shape index (κ2) is 6.20. The van der Waals surface area contributed by atoms with E-state index < -0.39 is 0 Å². The molecule has 104 valence electrons. The summed E-state index contributed by atoms with van der Waals surface area (Å²) in [5, 5.41) is 0. The summed E-state index contributed by atoms with van der Waals surface area (Å²) in [4.78, 5) is 14.7. The van der Waals surface area contributed by atoms with Crippen molar-refractivity contribution in [3.63, 3.8) is 0 Å². The van der Waals surface area contributed by atoms with E-state index in [0.717, 1.165) is 24.9 Å². The Balaban J connectivity index is 2.21. The van der Waals surface area contributed by atoms with E-state index in [-0.39, 0.29) is 17.9 Å². The van der Waals surface area contributed by atoms with Crippen LogP contribution < -0.4 is 5.73 Å². The van der Waals surface area contributed by atoms with E-state index in [1.165, 1.54) is 0 Å². The average Bonchev–Trinajstić information content (AvgIpc) is 2.86. The molecule has 1 aliphatic heterocycles. The number of hydrogen-bond donors (Lipinski definition) is 1. The van der Waals surface area contributed by atoms with Gasteiger partial charge in [0, 0.05) is 19.1 Å². The van der Waals surface area contributed by atoms with E-state index in [0.29, 0.717) is 12.5 Å². The van der Waals surface area contributed by atoms with Gasteiger partial charge in [-0.1, -0.05) is 50.6 Å². The molecule has 2 rings (SSSR count). The summed E-state index contributed by atoms with van der Waals surface area (Å²) in [6, 6.07) is 10.3. The smallest absolute Gasteiger partial charge is 0.230 e. The molecule has 3 nitrogen and oxygen atoms in total. The highest BCUT2D eigenvalue weighted by molar-refractivity contribution is 5.84. The fraction of sp³-hybridized carbons (Fsp3) is 0.562. The van der Waals surface area contributed by atoms with Crippen molar-refractivity contribution >= 4 is 5.91 Å². The molecule has 0 radical (unpaired) electrons. The second-order valence-electron chi connectivity index (χ2n) is 5.61. The first-order valence-electron chi connectivity index (χ1n) is 7.22. The summed E-state index contributed by atoms with van der Waals surface area (Å²) >= 11 is 0. The SMILES string of the molecule is CCC(C)C(C(=O)N1CC[C@@H](N)C1)c1ccccc1. The molecular weight excluding hydrogens is 236 g/mol. The molecule has 2 unspecified atom stereocenters. The number of nitrogens with zero attached hydrogens (tertiary/aromatic N) is 1. The lowest BCUT2D eigenvalue weighted by atomic mass is 9.84. The zero-order valence-electron chi connectivity index (χ0n) is 11.9. The third-order valence-corrected chi connectivity index (χ3v) is 4.17. The topological polar surface area (TPSA) is 46.3 Å². The molecule has 1 saturated heterocycles. The highest BCUT2D eigenvalue weighted by Crippen LogP contribution is 2.30. The maximum atomic E-state index is 12.8. The predicted molar refractivity (Wildman–Crippen MR) is 77.8 cm³/mol. The zero-order chi connectivity index (χ0) is 13.8. The van der Waals surface area contributed by atoms with Crippen LogP contribution in [0.5, 0.6) is 0 Å². The maximum absolute atomic E-state index is 12.8. The van der Waals surface area contributed by atoms with E-state index in [1.807, 2.05) is 23.1 Å². The van der Waals surface area contributed by atoms with Gasteiger partial charge in [-0.2, -0.15) is 0 Å². The Morgan fingerprint density at radius 3 is 2.63 bits per heavy atom. The van der Waals surface area contributed by atoms with Crippen LogP contribution >= 0.6 is 0 Å². The van der Waals surface area contributed by atoms with Crippen LogP contribution in [0.2, 0.25) is 0 Å². The van der Waals surface area contributed by atoms with Crippen LogP contribution in [-0.4, -0.2) is 29.9 Å². The van der Waals surface area contributed by atoms with E-state index in [1.54, 1.807) is 0 Å². The molecule has 0 aliphatic carbocycles. The van der Waals surface area contributed by atoms with Gasteiger partial charge >= 0.3 is 0 Å².